The third-order valence-electron chi connectivity index (χ3n) is 14.9. The van der Waals surface area contributed by atoms with Crippen molar-refractivity contribution in [1.82, 2.24) is 0 Å². The molecule has 78 heavy (non-hydrogen) atoms. The maximum absolute atomic E-state index is 12.9. The molecule has 0 aromatic heterocycles. The van der Waals surface area contributed by atoms with E-state index >= 15 is 0 Å². The molecule has 0 saturated carbocycles. The van der Waals surface area contributed by atoms with Crippen molar-refractivity contribution in [3.8, 4) is 0 Å². The minimum atomic E-state index is -0.786. The standard InChI is InChI=1S/C72H128O6/c1-4-7-10-13-16-19-22-25-28-30-32-34-35-36-37-39-40-42-44-47-50-53-56-59-62-65-71(74)77-68-69(67-76-70(73)64-61-58-55-52-49-46-27-24-21-18-15-12-9-6-3)78-72(75)66-63-60-57-54-51-48-45-43-41-38-33-31-29-26-23-20-17-14-11-8-5-2/h8,11,15,17-18,20,24,26-27,29,33,38,69H,4-7,9-10,12-14,16,19,21-23,25,28,30-32,34-37,39-68H2,1-3H3/b11-8-,18-15-,20-17-,27-24-,29-26-,38-33-. The van der Waals surface area contributed by atoms with Crippen LogP contribution in [0.3, 0.4) is 0 Å². The summed E-state index contributed by atoms with van der Waals surface area (Å²) < 4.78 is 17.0. The summed E-state index contributed by atoms with van der Waals surface area (Å²) in [7, 11) is 0. The molecule has 0 amide bonds. The van der Waals surface area contributed by atoms with Crippen LogP contribution >= 0.6 is 0 Å². The van der Waals surface area contributed by atoms with Crippen LogP contribution in [-0.2, 0) is 28.6 Å². The Kier molecular flexibility index (Phi) is 63.7. The average Bonchev–Trinajstić information content (AvgIpc) is 3.44. The number of hydrogen-bond donors (Lipinski definition) is 0. The van der Waals surface area contributed by atoms with Crippen molar-refractivity contribution < 1.29 is 28.6 Å². The van der Waals surface area contributed by atoms with Crippen molar-refractivity contribution in [3.63, 3.8) is 0 Å². The van der Waals surface area contributed by atoms with Gasteiger partial charge in [-0.05, 0) is 83.5 Å². The van der Waals surface area contributed by atoms with Gasteiger partial charge in [-0.1, -0.05) is 318 Å². The molecule has 0 saturated heterocycles. The zero-order chi connectivity index (χ0) is 56.4. The fourth-order valence-electron chi connectivity index (χ4n) is 9.87. The summed E-state index contributed by atoms with van der Waals surface area (Å²) in [4.78, 5) is 38.4. The molecule has 0 heterocycles. The third kappa shape index (κ3) is 63.7. The highest BCUT2D eigenvalue weighted by Crippen LogP contribution is 2.18. The molecule has 0 radical (unpaired) electrons. The summed E-state index contributed by atoms with van der Waals surface area (Å²) in [6.07, 6.45) is 86.4. The Labute approximate surface area is 484 Å². The lowest BCUT2D eigenvalue weighted by molar-refractivity contribution is -0.167. The fourth-order valence-corrected chi connectivity index (χ4v) is 9.87. The monoisotopic (exact) mass is 1090 g/mol. The maximum atomic E-state index is 12.9. The molecule has 0 aliphatic carbocycles. The summed E-state index contributed by atoms with van der Waals surface area (Å²) in [5.74, 6) is -0.884. The quantitative estimate of drug-likeness (QED) is 0.0261. The maximum Gasteiger partial charge on any atom is 0.306 e. The molecule has 0 fully saturated rings. The van der Waals surface area contributed by atoms with Crippen molar-refractivity contribution in [3.05, 3.63) is 72.9 Å². The van der Waals surface area contributed by atoms with Crippen molar-refractivity contribution >= 4 is 17.9 Å². The first-order valence-corrected chi connectivity index (χ1v) is 33.9. The predicted octanol–water partition coefficient (Wildman–Crippen LogP) is 23.3. The SMILES string of the molecule is CC/C=C\C/C=C\C/C=C\C/C=C\CCCCCCCCCCC(=O)OC(COC(=O)CCCCCCC/C=C\C/C=C\CCCC)COC(=O)CCCCCCCCCCCCCCCCCCCCCCCCCCC. The van der Waals surface area contributed by atoms with E-state index in [0.29, 0.717) is 19.3 Å². The predicted molar refractivity (Wildman–Crippen MR) is 339 cm³/mol. The van der Waals surface area contributed by atoms with E-state index in [2.05, 4.69) is 93.7 Å². The number of allylic oxidation sites excluding steroid dienone is 12. The van der Waals surface area contributed by atoms with E-state index in [4.69, 9.17) is 14.2 Å². The first-order valence-electron chi connectivity index (χ1n) is 33.9. The van der Waals surface area contributed by atoms with Crippen LogP contribution in [0.1, 0.15) is 348 Å². The molecule has 0 bridgehead atoms. The zero-order valence-electron chi connectivity index (χ0n) is 51.9. The number of carbonyl (C=O) groups is 3. The molecule has 1 unspecified atom stereocenters. The van der Waals surface area contributed by atoms with E-state index in [1.165, 1.54) is 199 Å². The molecule has 0 N–H and O–H groups in total. The molecular formula is C72H128O6. The molecule has 0 aliphatic rings. The summed E-state index contributed by atoms with van der Waals surface area (Å²) >= 11 is 0. The summed E-state index contributed by atoms with van der Waals surface area (Å²) in [5, 5.41) is 0. The topological polar surface area (TPSA) is 78.9 Å². The fraction of sp³-hybridized carbons (Fsp3) is 0.792. The Balaban J connectivity index is 4.29. The number of ether oxygens (including phenoxy) is 3. The average molecular weight is 1090 g/mol. The van der Waals surface area contributed by atoms with E-state index in [1.54, 1.807) is 0 Å². The van der Waals surface area contributed by atoms with E-state index in [9.17, 15) is 14.4 Å². The largest absolute Gasteiger partial charge is 0.462 e. The second-order valence-electron chi connectivity index (χ2n) is 22.7. The second kappa shape index (κ2) is 66.4. The van der Waals surface area contributed by atoms with Crippen LogP contribution in [0.5, 0.6) is 0 Å². The smallest absolute Gasteiger partial charge is 0.306 e. The molecule has 6 heteroatoms. The first kappa shape index (κ1) is 74.8. The van der Waals surface area contributed by atoms with Gasteiger partial charge in [0, 0.05) is 19.3 Å². The van der Waals surface area contributed by atoms with Gasteiger partial charge in [-0.15, -0.1) is 0 Å². The number of carbonyl (C=O) groups excluding carboxylic acids is 3. The number of rotatable bonds is 62. The number of unbranched alkanes of at least 4 members (excludes halogenated alkanes) is 39. The van der Waals surface area contributed by atoms with Crippen molar-refractivity contribution in [2.45, 2.75) is 354 Å². The number of hydrogen-bond acceptors (Lipinski definition) is 6. The molecule has 6 nitrogen and oxygen atoms in total. The van der Waals surface area contributed by atoms with Crippen molar-refractivity contribution in [2.24, 2.45) is 0 Å². The van der Waals surface area contributed by atoms with E-state index < -0.39 is 6.10 Å². The van der Waals surface area contributed by atoms with Gasteiger partial charge in [-0.3, -0.25) is 14.4 Å². The molecule has 1 atom stereocenters. The van der Waals surface area contributed by atoms with Crippen LogP contribution in [0.25, 0.3) is 0 Å². The Hall–Kier alpha value is -3.15. The van der Waals surface area contributed by atoms with Gasteiger partial charge in [0.15, 0.2) is 6.10 Å². The zero-order valence-corrected chi connectivity index (χ0v) is 51.9. The number of esters is 3. The van der Waals surface area contributed by atoms with Crippen molar-refractivity contribution in [2.75, 3.05) is 13.2 Å². The van der Waals surface area contributed by atoms with Gasteiger partial charge in [0.05, 0.1) is 0 Å². The second-order valence-corrected chi connectivity index (χ2v) is 22.7. The van der Waals surface area contributed by atoms with Gasteiger partial charge < -0.3 is 14.2 Å². The lowest BCUT2D eigenvalue weighted by atomic mass is 10.0. The van der Waals surface area contributed by atoms with E-state index in [1.807, 2.05) is 0 Å². The van der Waals surface area contributed by atoms with Crippen LogP contribution in [0.2, 0.25) is 0 Å². The first-order chi connectivity index (χ1) is 38.5. The minimum Gasteiger partial charge on any atom is -0.462 e. The van der Waals surface area contributed by atoms with E-state index in [-0.39, 0.29) is 31.1 Å². The van der Waals surface area contributed by atoms with Crippen LogP contribution < -0.4 is 0 Å². The Morgan fingerprint density at radius 1 is 0.269 bits per heavy atom. The molecule has 0 aromatic rings. The highest BCUT2D eigenvalue weighted by Gasteiger charge is 2.19. The molecule has 0 aromatic carbocycles. The molecule has 0 spiro atoms. The molecule has 0 aliphatic heterocycles. The van der Waals surface area contributed by atoms with Gasteiger partial charge in [-0.25, -0.2) is 0 Å². The van der Waals surface area contributed by atoms with Gasteiger partial charge in [0.25, 0.3) is 0 Å². The van der Waals surface area contributed by atoms with Gasteiger partial charge in [0.2, 0.25) is 0 Å². The third-order valence-corrected chi connectivity index (χ3v) is 14.9. The minimum absolute atomic E-state index is 0.0802. The Bertz CT molecular complexity index is 1440. The highest BCUT2D eigenvalue weighted by atomic mass is 16.6. The summed E-state index contributed by atoms with van der Waals surface area (Å²) in [6, 6.07) is 0. The van der Waals surface area contributed by atoms with Crippen LogP contribution in [-0.4, -0.2) is 37.2 Å². The molecule has 452 valence electrons. The van der Waals surface area contributed by atoms with Gasteiger partial charge in [-0.2, -0.15) is 0 Å². The summed E-state index contributed by atoms with van der Waals surface area (Å²) in [6.45, 7) is 6.52. The van der Waals surface area contributed by atoms with Crippen LogP contribution in [0, 0.1) is 0 Å². The van der Waals surface area contributed by atoms with Gasteiger partial charge in [0.1, 0.15) is 13.2 Å². The lowest BCUT2D eigenvalue weighted by Crippen LogP contribution is -2.30. The molecule has 0 rings (SSSR count). The van der Waals surface area contributed by atoms with Crippen LogP contribution in [0.15, 0.2) is 72.9 Å². The summed E-state index contributed by atoms with van der Waals surface area (Å²) in [5.41, 5.74) is 0. The molecular weight excluding hydrogens is 961 g/mol. The normalized spacial score (nSPS) is 12.5. The Morgan fingerprint density at radius 3 is 0.821 bits per heavy atom. The lowest BCUT2D eigenvalue weighted by Gasteiger charge is -2.18. The Morgan fingerprint density at radius 2 is 0.513 bits per heavy atom. The van der Waals surface area contributed by atoms with Gasteiger partial charge >= 0.3 is 17.9 Å². The highest BCUT2D eigenvalue weighted by molar-refractivity contribution is 5.71. The van der Waals surface area contributed by atoms with Crippen molar-refractivity contribution in [1.29, 1.82) is 0 Å². The van der Waals surface area contributed by atoms with E-state index in [0.717, 1.165) is 109 Å². The van der Waals surface area contributed by atoms with Crippen LogP contribution in [0.4, 0.5) is 0 Å².